The lowest BCUT2D eigenvalue weighted by molar-refractivity contribution is -0.660. The topological polar surface area (TPSA) is 3.88 Å². The molecule has 0 N–H and O–H groups in total. The lowest BCUT2D eigenvalue weighted by Crippen LogP contribution is -2.75. The van der Waals surface area contributed by atoms with E-state index in [1.165, 1.54) is 94.1 Å². The Bertz CT molecular complexity index is 2370. The van der Waals surface area contributed by atoms with Crippen LogP contribution in [0.2, 0.25) is 0 Å². The Kier molecular flexibility index (Phi) is 8.16. The fourth-order valence-corrected chi connectivity index (χ4v) is 8.56. The van der Waals surface area contributed by atoms with Crippen LogP contribution in [0, 0.1) is 34.6 Å². The van der Waals surface area contributed by atoms with E-state index < -0.39 is 0 Å². The standard InChI is InChI=1S/C47H42B2N/c1-31-13-7-8-18-40(31)45-30-39(27-28-50(45)6)37-23-21-36(22-24-37)38-25-26-43-44(29-38)49(47-34(4)16-12-17-35(47)5)42-20-10-9-19-41(42)48(43)46-32(2)14-11-15-33(46)3/h7-30H,1-6H3/q+1. The van der Waals surface area contributed by atoms with Crippen LogP contribution in [0.25, 0.3) is 33.5 Å². The number of pyridine rings is 1. The van der Waals surface area contributed by atoms with E-state index >= 15 is 0 Å². The third kappa shape index (κ3) is 5.42. The van der Waals surface area contributed by atoms with Crippen LogP contribution >= 0.6 is 0 Å². The molecule has 7 aromatic rings. The molecule has 2 heterocycles. The van der Waals surface area contributed by atoms with E-state index in [1.54, 1.807) is 0 Å². The molecule has 1 aliphatic heterocycles. The zero-order valence-electron chi connectivity index (χ0n) is 30.0. The van der Waals surface area contributed by atoms with Gasteiger partial charge in [-0.25, -0.2) is 4.57 Å². The molecular formula is C47H42B2N+. The summed E-state index contributed by atoms with van der Waals surface area (Å²) in [7, 11) is 2.12. The van der Waals surface area contributed by atoms with Crippen molar-refractivity contribution in [1.82, 2.24) is 0 Å². The second kappa shape index (κ2) is 12.8. The van der Waals surface area contributed by atoms with E-state index in [4.69, 9.17) is 0 Å². The summed E-state index contributed by atoms with van der Waals surface area (Å²) in [6, 6.07) is 52.3. The number of fused-ring (bicyclic) bond motifs is 2. The largest absolute Gasteiger partial charge is 0.240 e. The molecule has 0 spiro atoms. The van der Waals surface area contributed by atoms with Gasteiger partial charge in [0.2, 0.25) is 19.1 Å². The Labute approximate surface area is 298 Å². The molecule has 0 aliphatic carbocycles. The summed E-state index contributed by atoms with van der Waals surface area (Å²) in [5, 5.41) is 0. The fourth-order valence-electron chi connectivity index (χ4n) is 8.56. The van der Waals surface area contributed by atoms with Crippen LogP contribution in [0.5, 0.6) is 0 Å². The Morgan fingerprint density at radius 1 is 0.380 bits per heavy atom. The normalized spacial score (nSPS) is 12.1. The molecular weight excluding hydrogens is 600 g/mol. The van der Waals surface area contributed by atoms with Crippen LogP contribution in [0.15, 0.2) is 146 Å². The first kappa shape index (κ1) is 31.8. The van der Waals surface area contributed by atoms with Gasteiger partial charge in [-0.05, 0) is 68.5 Å². The molecule has 0 unspecified atom stereocenters. The maximum absolute atomic E-state index is 2.50. The van der Waals surface area contributed by atoms with Crippen LogP contribution in [0.3, 0.4) is 0 Å². The van der Waals surface area contributed by atoms with E-state index in [2.05, 4.69) is 192 Å². The van der Waals surface area contributed by atoms with Crippen molar-refractivity contribution in [2.75, 3.05) is 0 Å². The third-order valence-corrected chi connectivity index (χ3v) is 11.1. The molecule has 6 aromatic carbocycles. The molecule has 0 saturated carbocycles. The molecule has 0 atom stereocenters. The minimum Gasteiger partial charge on any atom is -0.201 e. The molecule has 50 heavy (non-hydrogen) atoms. The number of aromatic nitrogens is 1. The second-order valence-corrected chi connectivity index (χ2v) is 14.3. The van der Waals surface area contributed by atoms with E-state index in [0.29, 0.717) is 0 Å². The number of aryl methyl sites for hydroxylation is 6. The van der Waals surface area contributed by atoms with E-state index in [9.17, 15) is 0 Å². The van der Waals surface area contributed by atoms with Crippen molar-refractivity contribution in [2.24, 2.45) is 7.05 Å². The number of benzene rings is 6. The number of hydrogen-bond donors (Lipinski definition) is 0. The number of nitrogens with zero attached hydrogens (tertiary/aromatic N) is 1. The van der Waals surface area contributed by atoms with Gasteiger partial charge in [0.05, 0.1) is 0 Å². The monoisotopic (exact) mass is 642 g/mol. The molecule has 8 rings (SSSR count). The maximum Gasteiger partial charge on any atom is 0.240 e. The van der Waals surface area contributed by atoms with Crippen molar-refractivity contribution < 1.29 is 4.57 Å². The molecule has 1 nitrogen and oxygen atoms in total. The molecule has 3 heteroatoms. The van der Waals surface area contributed by atoms with Gasteiger partial charge in [-0.2, -0.15) is 0 Å². The average Bonchev–Trinajstić information content (AvgIpc) is 3.12. The molecule has 1 aliphatic rings. The molecule has 0 bridgehead atoms. The Morgan fingerprint density at radius 2 is 0.820 bits per heavy atom. The lowest BCUT2D eigenvalue weighted by Gasteiger charge is -2.34. The predicted molar refractivity (Wildman–Crippen MR) is 216 cm³/mol. The molecule has 240 valence electrons. The number of hydrogen-bond acceptors (Lipinski definition) is 0. The SMILES string of the molecule is Cc1ccccc1-c1cc(-c2ccc(-c3ccc4c(c3)B(c3c(C)cccc3C)c3ccccc3B4c3c(C)cccc3C)cc2)cc[n+]1C. The Hall–Kier alpha value is -5.40. The van der Waals surface area contributed by atoms with Crippen molar-refractivity contribution in [3.8, 4) is 33.5 Å². The second-order valence-electron chi connectivity index (χ2n) is 14.3. The maximum atomic E-state index is 2.50. The highest BCUT2D eigenvalue weighted by atomic mass is 14.9. The molecule has 0 fully saturated rings. The lowest BCUT2D eigenvalue weighted by atomic mass is 9.20. The van der Waals surface area contributed by atoms with E-state index in [1.807, 2.05) is 0 Å². The highest BCUT2D eigenvalue weighted by molar-refractivity contribution is 7.11. The minimum absolute atomic E-state index is 0.159. The van der Waals surface area contributed by atoms with Gasteiger partial charge < -0.3 is 0 Å². The van der Waals surface area contributed by atoms with Crippen LogP contribution in [0.4, 0.5) is 0 Å². The molecule has 0 radical (unpaired) electrons. The first-order valence-electron chi connectivity index (χ1n) is 17.8. The smallest absolute Gasteiger partial charge is 0.201 e. The Morgan fingerprint density at radius 3 is 1.38 bits per heavy atom. The fraction of sp³-hybridized carbons (Fsp3) is 0.128. The molecule has 1 aromatic heterocycles. The van der Waals surface area contributed by atoms with Gasteiger partial charge >= 0.3 is 0 Å². The summed E-state index contributed by atoms with van der Waals surface area (Å²) in [4.78, 5) is 0. The van der Waals surface area contributed by atoms with Crippen LogP contribution in [0.1, 0.15) is 27.8 Å². The average molecular weight is 642 g/mol. The van der Waals surface area contributed by atoms with Gasteiger partial charge in [-0.1, -0.05) is 176 Å². The van der Waals surface area contributed by atoms with Crippen molar-refractivity contribution in [2.45, 2.75) is 34.6 Å². The quantitative estimate of drug-likeness (QED) is 0.151. The first-order chi connectivity index (χ1) is 24.3. The van der Waals surface area contributed by atoms with Crippen molar-refractivity contribution in [1.29, 1.82) is 0 Å². The molecule has 0 saturated heterocycles. The highest BCUT2D eigenvalue weighted by Gasteiger charge is 2.40. The Balaban J connectivity index is 1.27. The van der Waals surface area contributed by atoms with Crippen LogP contribution in [-0.2, 0) is 7.05 Å². The van der Waals surface area contributed by atoms with E-state index in [0.717, 1.165) is 0 Å². The van der Waals surface area contributed by atoms with Gasteiger partial charge in [0.1, 0.15) is 7.05 Å². The zero-order chi connectivity index (χ0) is 34.5. The highest BCUT2D eigenvalue weighted by Crippen LogP contribution is 2.28. The van der Waals surface area contributed by atoms with Gasteiger partial charge in [0.15, 0.2) is 6.20 Å². The van der Waals surface area contributed by atoms with Gasteiger partial charge in [-0.15, -0.1) is 0 Å². The van der Waals surface area contributed by atoms with Crippen molar-refractivity contribution in [3.05, 3.63) is 174 Å². The van der Waals surface area contributed by atoms with Crippen LogP contribution in [-0.4, -0.2) is 13.4 Å². The zero-order valence-corrected chi connectivity index (χ0v) is 30.0. The van der Waals surface area contributed by atoms with Crippen molar-refractivity contribution >= 4 is 46.2 Å². The van der Waals surface area contributed by atoms with Gasteiger partial charge in [0, 0.05) is 17.7 Å². The summed E-state index contributed by atoms with van der Waals surface area (Å²) >= 11 is 0. The summed E-state index contributed by atoms with van der Waals surface area (Å²) < 4.78 is 2.21. The minimum atomic E-state index is 0.159. The van der Waals surface area contributed by atoms with Gasteiger partial charge in [0.25, 0.3) is 0 Å². The summed E-state index contributed by atoms with van der Waals surface area (Å²) in [6.07, 6.45) is 2.17. The predicted octanol–water partition coefficient (Wildman–Crippen LogP) is 6.40. The van der Waals surface area contributed by atoms with E-state index in [-0.39, 0.29) is 13.4 Å². The molecule has 0 amide bonds. The van der Waals surface area contributed by atoms with Crippen LogP contribution < -0.4 is 37.3 Å². The first-order valence-corrected chi connectivity index (χ1v) is 17.8. The third-order valence-electron chi connectivity index (χ3n) is 11.1. The number of rotatable bonds is 5. The summed E-state index contributed by atoms with van der Waals surface area (Å²) in [5.74, 6) is 0. The summed E-state index contributed by atoms with van der Waals surface area (Å²) in [5.41, 5.74) is 22.6. The van der Waals surface area contributed by atoms with Gasteiger partial charge in [-0.3, -0.25) is 0 Å². The summed E-state index contributed by atoms with van der Waals surface area (Å²) in [6.45, 7) is 11.6. The van der Waals surface area contributed by atoms with Crippen molar-refractivity contribution in [3.63, 3.8) is 0 Å².